The monoisotopic (exact) mass is 421 g/mol. The number of aryl methyl sites for hydroxylation is 2. The van der Waals surface area contributed by atoms with Gasteiger partial charge in [-0.25, -0.2) is 0 Å². The normalized spacial score (nSPS) is 18.7. The number of anilines is 1. The summed E-state index contributed by atoms with van der Waals surface area (Å²) in [4.78, 5) is 40.6. The Kier molecular flexibility index (Phi) is 5.17. The van der Waals surface area contributed by atoms with Crippen molar-refractivity contribution < 1.29 is 19.1 Å². The van der Waals surface area contributed by atoms with Gasteiger partial charge in [-0.15, -0.1) is 10.2 Å². The summed E-state index contributed by atoms with van der Waals surface area (Å²) in [6.45, 7) is 3.71. The predicted octanol–water partition coefficient (Wildman–Crippen LogP) is 3.32. The summed E-state index contributed by atoms with van der Waals surface area (Å²) in [5.41, 5.74) is 2.07. The number of carbonyl (C=O) groups excluding carboxylic acids is 3. The summed E-state index contributed by atoms with van der Waals surface area (Å²) < 4.78 is 5.14. The summed E-state index contributed by atoms with van der Waals surface area (Å²) in [6, 6.07) is 13.2. The van der Waals surface area contributed by atoms with Gasteiger partial charge in [0.05, 0.1) is 13.2 Å². The molecule has 0 spiro atoms. The van der Waals surface area contributed by atoms with Gasteiger partial charge in [0, 0.05) is 5.56 Å². The van der Waals surface area contributed by atoms with E-state index in [0.717, 1.165) is 5.56 Å². The SMILES string of the molecule is COc1ccc(C(=O)C2C(=O)C(=O)N(c3nnc(C)s3)C2c2ccc(C)cc2)cc1. The van der Waals surface area contributed by atoms with Crippen molar-refractivity contribution in [2.45, 2.75) is 19.9 Å². The maximum Gasteiger partial charge on any atom is 0.297 e. The fourth-order valence-corrected chi connectivity index (χ4v) is 4.28. The average molecular weight is 421 g/mol. The molecule has 1 aromatic heterocycles. The first-order valence-corrected chi connectivity index (χ1v) is 10.1. The maximum absolute atomic E-state index is 13.4. The zero-order valence-electron chi connectivity index (χ0n) is 16.7. The summed E-state index contributed by atoms with van der Waals surface area (Å²) in [6.07, 6.45) is 0. The first-order valence-electron chi connectivity index (χ1n) is 9.33. The molecule has 1 fully saturated rings. The van der Waals surface area contributed by atoms with E-state index in [1.54, 1.807) is 31.2 Å². The van der Waals surface area contributed by atoms with Crippen LogP contribution in [0.5, 0.6) is 5.75 Å². The molecule has 0 bridgehead atoms. The standard InChI is InChI=1S/C22H19N3O4S/c1-12-4-6-14(7-5-12)18-17(19(26)15-8-10-16(29-3)11-9-15)20(27)21(28)25(18)22-24-23-13(2)30-22/h4-11,17-18H,1-3H3. The summed E-state index contributed by atoms with van der Waals surface area (Å²) >= 11 is 1.21. The predicted molar refractivity (Wildman–Crippen MR) is 112 cm³/mol. The summed E-state index contributed by atoms with van der Waals surface area (Å²) in [5.74, 6) is -2.47. The number of rotatable bonds is 5. The molecule has 2 heterocycles. The molecule has 8 heteroatoms. The molecule has 0 aliphatic carbocycles. The van der Waals surface area contributed by atoms with Gasteiger partial charge in [0.15, 0.2) is 5.78 Å². The minimum atomic E-state index is -1.17. The number of hydrogen-bond acceptors (Lipinski definition) is 7. The molecule has 0 saturated carbocycles. The number of nitrogens with zero attached hydrogens (tertiary/aromatic N) is 3. The second-order valence-electron chi connectivity index (χ2n) is 7.07. The van der Waals surface area contributed by atoms with E-state index >= 15 is 0 Å². The van der Waals surface area contributed by atoms with Crippen LogP contribution in [0.1, 0.15) is 32.5 Å². The Morgan fingerprint density at radius 1 is 1.00 bits per heavy atom. The van der Waals surface area contributed by atoms with Crippen LogP contribution in [0.25, 0.3) is 0 Å². The quantitative estimate of drug-likeness (QED) is 0.357. The zero-order valence-corrected chi connectivity index (χ0v) is 17.5. The van der Waals surface area contributed by atoms with Gasteiger partial charge in [-0.3, -0.25) is 19.3 Å². The number of amides is 1. The zero-order chi connectivity index (χ0) is 21.4. The molecule has 1 saturated heterocycles. The minimum Gasteiger partial charge on any atom is -0.497 e. The molecule has 2 atom stereocenters. The van der Waals surface area contributed by atoms with Crippen LogP contribution in [0.4, 0.5) is 5.13 Å². The maximum atomic E-state index is 13.4. The van der Waals surface area contributed by atoms with Crippen molar-refractivity contribution in [3.05, 3.63) is 70.2 Å². The Labute approximate surface area is 177 Å². The van der Waals surface area contributed by atoms with Crippen molar-refractivity contribution in [2.24, 2.45) is 5.92 Å². The van der Waals surface area contributed by atoms with E-state index in [4.69, 9.17) is 4.74 Å². The van der Waals surface area contributed by atoms with Crippen molar-refractivity contribution >= 4 is 33.9 Å². The number of ether oxygens (including phenoxy) is 1. The lowest BCUT2D eigenvalue weighted by Gasteiger charge is -2.25. The smallest absolute Gasteiger partial charge is 0.297 e. The van der Waals surface area contributed by atoms with Gasteiger partial charge in [-0.1, -0.05) is 41.2 Å². The number of hydrogen-bond donors (Lipinski definition) is 0. The lowest BCUT2D eigenvalue weighted by atomic mass is 9.86. The second-order valence-corrected chi connectivity index (χ2v) is 8.23. The van der Waals surface area contributed by atoms with Crippen LogP contribution in [0.15, 0.2) is 48.5 Å². The van der Waals surface area contributed by atoms with Crippen LogP contribution >= 0.6 is 11.3 Å². The molecule has 3 aromatic rings. The highest BCUT2D eigenvalue weighted by atomic mass is 32.1. The number of ketones is 2. The lowest BCUT2D eigenvalue weighted by molar-refractivity contribution is -0.135. The van der Waals surface area contributed by atoms with Gasteiger partial charge >= 0.3 is 0 Å². The van der Waals surface area contributed by atoms with Crippen LogP contribution in [-0.2, 0) is 9.59 Å². The molecular weight excluding hydrogens is 402 g/mol. The largest absolute Gasteiger partial charge is 0.497 e. The Hall–Kier alpha value is -3.39. The number of Topliss-reactive ketones (excluding diaryl/α,β-unsaturated/α-hetero) is 2. The summed E-state index contributed by atoms with van der Waals surface area (Å²) in [7, 11) is 1.53. The first kappa shape index (κ1) is 19.9. The first-order chi connectivity index (χ1) is 14.4. The molecule has 0 N–H and O–H groups in total. The fourth-order valence-electron chi connectivity index (χ4n) is 3.56. The average Bonchev–Trinajstić information content (AvgIpc) is 3.29. The highest BCUT2D eigenvalue weighted by Gasteiger charge is 2.53. The van der Waals surface area contributed by atoms with Gasteiger partial charge in [-0.2, -0.15) is 0 Å². The van der Waals surface area contributed by atoms with Gasteiger partial charge in [-0.05, 0) is 43.7 Å². The lowest BCUT2D eigenvalue weighted by Crippen LogP contribution is -2.30. The third-order valence-corrected chi connectivity index (χ3v) is 5.94. The van der Waals surface area contributed by atoms with Crippen LogP contribution in [0.2, 0.25) is 0 Å². The molecule has 2 unspecified atom stereocenters. The molecule has 4 rings (SSSR count). The van der Waals surface area contributed by atoms with Crippen molar-refractivity contribution in [1.29, 1.82) is 0 Å². The number of benzene rings is 2. The Balaban J connectivity index is 1.81. The molecule has 1 aliphatic rings. The van der Waals surface area contributed by atoms with Gasteiger partial charge in [0.25, 0.3) is 5.91 Å². The second kappa shape index (κ2) is 7.79. The van der Waals surface area contributed by atoms with E-state index in [1.807, 2.05) is 31.2 Å². The molecule has 152 valence electrons. The molecular formula is C22H19N3O4S. The van der Waals surface area contributed by atoms with Crippen LogP contribution in [-0.4, -0.2) is 34.8 Å². The van der Waals surface area contributed by atoms with Crippen LogP contribution in [0, 0.1) is 19.8 Å². The Bertz CT molecular complexity index is 1120. The van der Waals surface area contributed by atoms with Crippen molar-refractivity contribution in [3.63, 3.8) is 0 Å². The molecule has 1 amide bonds. The van der Waals surface area contributed by atoms with Crippen molar-refractivity contribution in [3.8, 4) is 5.75 Å². The topological polar surface area (TPSA) is 89.5 Å². The van der Waals surface area contributed by atoms with E-state index in [0.29, 0.717) is 27.0 Å². The van der Waals surface area contributed by atoms with Crippen LogP contribution < -0.4 is 9.64 Å². The van der Waals surface area contributed by atoms with E-state index in [1.165, 1.54) is 23.3 Å². The highest BCUT2D eigenvalue weighted by molar-refractivity contribution is 7.15. The van der Waals surface area contributed by atoms with Crippen LogP contribution in [0.3, 0.4) is 0 Å². The van der Waals surface area contributed by atoms with Crippen molar-refractivity contribution in [2.75, 3.05) is 12.0 Å². The highest BCUT2D eigenvalue weighted by Crippen LogP contribution is 2.42. The molecule has 30 heavy (non-hydrogen) atoms. The van der Waals surface area contributed by atoms with E-state index in [9.17, 15) is 14.4 Å². The Morgan fingerprint density at radius 2 is 1.67 bits per heavy atom. The summed E-state index contributed by atoms with van der Waals surface area (Å²) in [5, 5.41) is 9.00. The third-order valence-electron chi connectivity index (χ3n) is 5.10. The minimum absolute atomic E-state index is 0.307. The number of aromatic nitrogens is 2. The van der Waals surface area contributed by atoms with E-state index in [2.05, 4.69) is 10.2 Å². The van der Waals surface area contributed by atoms with Gasteiger partial charge in [0.1, 0.15) is 16.7 Å². The molecule has 2 aromatic carbocycles. The van der Waals surface area contributed by atoms with Gasteiger partial charge in [0.2, 0.25) is 10.9 Å². The number of carbonyl (C=O) groups is 3. The van der Waals surface area contributed by atoms with E-state index in [-0.39, 0.29) is 0 Å². The molecule has 0 radical (unpaired) electrons. The Morgan fingerprint density at radius 3 is 2.23 bits per heavy atom. The van der Waals surface area contributed by atoms with Gasteiger partial charge < -0.3 is 4.74 Å². The third kappa shape index (κ3) is 3.39. The molecule has 7 nitrogen and oxygen atoms in total. The fraction of sp³-hybridized carbons (Fsp3) is 0.227. The molecule has 1 aliphatic heterocycles. The number of methoxy groups -OCH3 is 1. The van der Waals surface area contributed by atoms with E-state index < -0.39 is 29.4 Å². The van der Waals surface area contributed by atoms with Crippen molar-refractivity contribution in [1.82, 2.24) is 10.2 Å².